The Labute approximate surface area is 92.4 Å². The molecule has 14 heavy (non-hydrogen) atoms. The smallest absolute Gasteiger partial charge is 0.335 e. The lowest BCUT2D eigenvalue weighted by molar-refractivity contribution is -0.150. The van der Waals surface area contributed by atoms with E-state index in [1.165, 1.54) is 0 Å². The number of hydrogen-bond acceptors (Lipinski definition) is 3. The Morgan fingerprint density at radius 1 is 1.43 bits per heavy atom. The molecular weight excluding hydrogens is 250 g/mol. The molecule has 4 nitrogen and oxygen atoms in total. The molecule has 78 valence electrons. The summed E-state index contributed by atoms with van der Waals surface area (Å²) in [5.74, 6) is 3.79. The summed E-state index contributed by atoms with van der Waals surface area (Å²) in [6, 6.07) is 9.20. The Morgan fingerprint density at radius 3 is 2.43 bits per heavy atom. The lowest BCUT2D eigenvalue weighted by atomic mass is 10.1. The maximum atomic E-state index is 10.5. The van der Waals surface area contributed by atoms with Crippen molar-refractivity contribution in [2.45, 2.75) is 12.5 Å². The molecule has 0 aromatic heterocycles. The minimum absolute atomic E-state index is 0. The van der Waals surface area contributed by atoms with Crippen LogP contribution >= 0.6 is 17.0 Å². The van der Waals surface area contributed by atoms with Crippen molar-refractivity contribution in [3.63, 3.8) is 0 Å². The molecule has 1 aromatic carbocycles. The van der Waals surface area contributed by atoms with Crippen LogP contribution in [0, 0.1) is 0 Å². The van der Waals surface area contributed by atoms with E-state index in [0.29, 0.717) is 0 Å². The first-order chi connectivity index (χ1) is 6.24. The Kier molecular flexibility index (Phi) is 6.11. The van der Waals surface area contributed by atoms with Crippen molar-refractivity contribution < 1.29 is 14.7 Å². The van der Waals surface area contributed by atoms with Gasteiger partial charge in [0.1, 0.15) is 0 Å². The predicted octanol–water partition coefficient (Wildman–Crippen LogP) is 1.15. The maximum absolute atomic E-state index is 10.5. The molecular formula is C9H12BrNO3. The first-order valence-electron chi connectivity index (χ1n) is 3.86. The van der Waals surface area contributed by atoms with Gasteiger partial charge in [0.2, 0.25) is 0 Å². The van der Waals surface area contributed by atoms with E-state index in [2.05, 4.69) is 4.84 Å². The molecule has 0 spiro atoms. The fourth-order valence-corrected chi connectivity index (χ4v) is 1.02. The Morgan fingerprint density at radius 2 is 2.00 bits per heavy atom. The molecule has 0 aliphatic rings. The highest BCUT2D eigenvalue weighted by Crippen LogP contribution is 2.04. The fraction of sp³-hybridized carbons (Fsp3) is 0.222. The van der Waals surface area contributed by atoms with Crippen molar-refractivity contribution in [1.82, 2.24) is 0 Å². The number of aliphatic carboxylic acids is 1. The third-order valence-corrected chi connectivity index (χ3v) is 1.70. The Hall–Kier alpha value is -0.910. The van der Waals surface area contributed by atoms with Crippen molar-refractivity contribution in [2.75, 3.05) is 0 Å². The SMILES string of the molecule is Br.NO[C@H](Cc1ccccc1)C(=O)O. The minimum Gasteiger partial charge on any atom is -0.479 e. The summed E-state index contributed by atoms with van der Waals surface area (Å²) >= 11 is 0. The van der Waals surface area contributed by atoms with Crippen LogP contribution in [-0.2, 0) is 16.1 Å². The number of halogens is 1. The molecule has 0 aliphatic carbocycles. The molecule has 1 rings (SSSR count). The monoisotopic (exact) mass is 261 g/mol. The van der Waals surface area contributed by atoms with E-state index in [-0.39, 0.29) is 23.4 Å². The summed E-state index contributed by atoms with van der Waals surface area (Å²) in [7, 11) is 0. The highest BCUT2D eigenvalue weighted by atomic mass is 79.9. The molecule has 0 radical (unpaired) electrons. The first-order valence-corrected chi connectivity index (χ1v) is 3.86. The number of carbonyl (C=O) groups is 1. The van der Waals surface area contributed by atoms with Crippen LogP contribution in [0.25, 0.3) is 0 Å². The molecule has 0 amide bonds. The van der Waals surface area contributed by atoms with Crippen LogP contribution in [0.15, 0.2) is 30.3 Å². The van der Waals surface area contributed by atoms with E-state index in [9.17, 15) is 4.79 Å². The number of carboxylic acid groups (broad SMARTS) is 1. The van der Waals surface area contributed by atoms with Gasteiger partial charge in [0, 0.05) is 6.42 Å². The molecule has 5 heteroatoms. The summed E-state index contributed by atoms with van der Waals surface area (Å²) in [5, 5.41) is 8.63. The molecule has 1 atom stereocenters. The second-order valence-electron chi connectivity index (χ2n) is 2.65. The number of rotatable bonds is 4. The number of nitrogens with two attached hydrogens (primary N) is 1. The standard InChI is InChI=1S/C9H11NO3.BrH/c10-13-8(9(11)12)6-7-4-2-1-3-5-7;/h1-5,8H,6,10H2,(H,11,12);1H/t8-;/m1./s1. The largest absolute Gasteiger partial charge is 0.479 e. The number of hydrogen-bond donors (Lipinski definition) is 2. The van der Waals surface area contributed by atoms with Gasteiger partial charge in [0.15, 0.2) is 6.10 Å². The molecule has 0 aliphatic heterocycles. The van der Waals surface area contributed by atoms with E-state index in [4.69, 9.17) is 11.0 Å². The second-order valence-corrected chi connectivity index (χ2v) is 2.65. The molecule has 0 bridgehead atoms. The van der Waals surface area contributed by atoms with Crippen molar-refractivity contribution in [2.24, 2.45) is 5.90 Å². The fourth-order valence-electron chi connectivity index (χ4n) is 1.02. The third-order valence-electron chi connectivity index (χ3n) is 1.70. The molecule has 0 unspecified atom stereocenters. The van der Waals surface area contributed by atoms with Gasteiger partial charge in [-0.15, -0.1) is 17.0 Å². The molecule has 1 aromatic rings. The highest BCUT2D eigenvalue weighted by Gasteiger charge is 2.17. The van der Waals surface area contributed by atoms with Crippen LogP contribution in [0.3, 0.4) is 0 Å². The normalized spacial score (nSPS) is 11.5. The summed E-state index contributed by atoms with van der Waals surface area (Å²) in [6.07, 6.45) is -0.686. The van der Waals surface area contributed by atoms with Crippen molar-refractivity contribution in [1.29, 1.82) is 0 Å². The summed E-state index contributed by atoms with van der Waals surface area (Å²) in [5.41, 5.74) is 0.889. The third kappa shape index (κ3) is 3.87. The lowest BCUT2D eigenvalue weighted by Crippen LogP contribution is -2.29. The maximum Gasteiger partial charge on any atom is 0.335 e. The second kappa shape index (κ2) is 6.53. The van der Waals surface area contributed by atoms with Gasteiger partial charge in [-0.1, -0.05) is 30.3 Å². The molecule has 3 N–H and O–H groups in total. The lowest BCUT2D eigenvalue weighted by Gasteiger charge is -2.08. The summed E-state index contributed by atoms with van der Waals surface area (Å²) in [4.78, 5) is 14.8. The van der Waals surface area contributed by atoms with E-state index < -0.39 is 12.1 Å². The molecule has 0 saturated carbocycles. The van der Waals surface area contributed by atoms with Crippen molar-refractivity contribution in [3.05, 3.63) is 35.9 Å². The first kappa shape index (κ1) is 13.1. The Bertz CT molecular complexity index is 279. The van der Waals surface area contributed by atoms with Crippen molar-refractivity contribution in [3.8, 4) is 0 Å². The van der Waals surface area contributed by atoms with Gasteiger partial charge in [0.05, 0.1) is 0 Å². The van der Waals surface area contributed by atoms with E-state index in [0.717, 1.165) is 5.56 Å². The van der Waals surface area contributed by atoms with Crippen LogP contribution in [0.5, 0.6) is 0 Å². The highest BCUT2D eigenvalue weighted by molar-refractivity contribution is 8.93. The van der Waals surface area contributed by atoms with Crippen LogP contribution in [0.2, 0.25) is 0 Å². The van der Waals surface area contributed by atoms with Gasteiger partial charge in [-0.3, -0.25) is 4.84 Å². The van der Waals surface area contributed by atoms with Crippen molar-refractivity contribution >= 4 is 23.0 Å². The summed E-state index contributed by atoms with van der Waals surface area (Å²) < 4.78 is 0. The molecule has 0 saturated heterocycles. The average Bonchev–Trinajstić information content (AvgIpc) is 2.15. The van der Waals surface area contributed by atoms with Crippen LogP contribution < -0.4 is 5.90 Å². The predicted molar refractivity (Wildman–Crippen MR) is 57.2 cm³/mol. The van der Waals surface area contributed by atoms with E-state index >= 15 is 0 Å². The average molecular weight is 262 g/mol. The van der Waals surface area contributed by atoms with Gasteiger partial charge in [0.25, 0.3) is 0 Å². The Balaban J connectivity index is 0.00000169. The van der Waals surface area contributed by atoms with Gasteiger partial charge in [-0.05, 0) is 5.56 Å². The quantitative estimate of drug-likeness (QED) is 0.798. The van der Waals surface area contributed by atoms with Gasteiger partial charge >= 0.3 is 5.97 Å². The van der Waals surface area contributed by atoms with Crippen LogP contribution in [0.1, 0.15) is 5.56 Å². The zero-order valence-electron chi connectivity index (χ0n) is 7.42. The molecule has 0 heterocycles. The summed E-state index contributed by atoms with van der Waals surface area (Å²) in [6.45, 7) is 0. The van der Waals surface area contributed by atoms with Crippen LogP contribution in [0.4, 0.5) is 0 Å². The zero-order valence-corrected chi connectivity index (χ0v) is 9.13. The van der Waals surface area contributed by atoms with Gasteiger partial charge in [-0.25, -0.2) is 10.7 Å². The number of carboxylic acids is 1. The zero-order chi connectivity index (χ0) is 9.68. The topological polar surface area (TPSA) is 72.5 Å². The molecule has 0 fully saturated rings. The number of benzene rings is 1. The van der Waals surface area contributed by atoms with E-state index in [1.54, 1.807) is 0 Å². The van der Waals surface area contributed by atoms with Gasteiger partial charge in [-0.2, -0.15) is 0 Å². The van der Waals surface area contributed by atoms with Crippen LogP contribution in [-0.4, -0.2) is 17.2 Å². The van der Waals surface area contributed by atoms with Gasteiger partial charge < -0.3 is 5.11 Å². The minimum atomic E-state index is -1.05. The van der Waals surface area contributed by atoms with E-state index in [1.807, 2.05) is 30.3 Å².